The lowest BCUT2D eigenvalue weighted by Crippen LogP contribution is -2.13. The highest BCUT2D eigenvalue weighted by molar-refractivity contribution is 9.10. The fourth-order valence-corrected chi connectivity index (χ4v) is 2.81. The summed E-state index contributed by atoms with van der Waals surface area (Å²) in [5, 5.41) is -0.140. The number of imidazole rings is 1. The fraction of sp³-hybridized carbons (Fsp3) is 0.500. The molecule has 0 radical (unpaired) electrons. The summed E-state index contributed by atoms with van der Waals surface area (Å²) < 4.78 is 8.52. The predicted molar refractivity (Wildman–Crippen MR) is 74.0 cm³/mol. The van der Waals surface area contributed by atoms with Gasteiger partial charge < -0.3 is 9.30 Å². The number of ether oxygens (including phenoxy) is 1. The van der Waals surface area contributed by atoms with E-state index in [9.17, 15) is 0 Å². The number of halogens is 2. The lowest BCUT2D eigenvalue weighted by molar-refractivity contribution is 0.186. The standard InChI is InChI=1S/C12H13BrClN3O/c1-7(14)11-16-10-4-8(13)5-15-12(10)17(11)9-2-3-18-6-9/h4-5,7,9H,2-3,6H2,1H3. The maximum Gasteiger partial charge on any atom is 0.160 e. The van der Waals surface area contributed by atoms with Crippen LogP contribution in [0.1, 0.15) is 30.6 Å². The average Bonchev–Trinajstić information content (AvgIpc) is 2.92. The predicted octanol–water partition coefficient (Wildman–Crippen LogP) is 3.46. The van der Waals surface area contributed by atoms with E-state index in [-0.39, 0.29) is 5.38 Å². The molecule has 2 unspecified atom stereocenters. The van der Waals surface area contributed by atoms with Gasteiger partial charge in [0, 0.05) is 17.3 Å². The van der Waals surface area contributed by atoms with Crippen molar-refractivity contribution in [3.63, 3.8) is 0 Å². The Hall–Kier alpha value is -0.650. The monoisotopic (exact) mass is 329 g/mol. The van der Waals surface area contributed by atoms with Crippen LogP contribution in [0.5, 0.6) is 0 Å². The van der Waals surface area contributed by atoms with Gasteiger partial charge in [-0.2, -0.15) is 0 Å². The van der Waals surface area contributed by atoms with Crippen LogP contribution in [0.4, 0.5) is 0 Å². The normalized spacial score (nSPS) is 21.6. The zero-order chi connectivity index (χ0) is 12.7. The van der Waals surface area contributed by atoms with Crippen molar-refractivity contribution in [1.82, 2.24) is 14.5 Å². The molecule has 1 fully saturated rings. The number of hydrogen-bond acceptors (Lipinski definition) is 3. The Bertz CT molecular complexity index is 578. The van der Waals surface area contributed by atoms with E-state index in [1.807, 2.05) is 13.0 Å². The molecule has 2 atom stereocenters. The Balaban J connectivity index is 2.21. The minimum Gasteiger partial charge on any atom is -0.379 e. The van der Waals surface area contributed by atoms with Gasteiger partial charge in [0.1, 0.15) is 11.3 Å². The van der Waals surface area contributed by atoms with Gasteiger partial charge in [-0.3, -0.25) is 0 Å². The lowest BCUT2D eigenvalue weighted by atomic mass is 10.2. The van der Waals surface area contributed by atoms with Gasteiger partial charge in [-0.1, -0.05) is 0 Å². The van der Waals surface area contributed by atoms with Crippen molar-refractivity contribution < 1.29 is 4.74 Å². The summed E-state index contributed by atoms with van der Waals surface area (Å²) in [6, 6.07) is 2.26. The summed E-state index contributed by atoms with van der Waals surface area (Å²) in [5.74, 6) is 0.868. The molecular weight excluding hydrogens is 318 g/mol. The van der Waals surface area contributed by atoms with Gasteiger partial charge >= 0.3 is 0 Å². The molecule has 0 amide bonds. The second-order valence-corrected chi connectivity index (χ2v) is 6.04. The summed E-state index contributed by atoms with van der Waals surface area (Å²) >= 11 is 9.65. The number of aromatic nitrogens is 3. The largest absolute Gasteiger partial charge is 0.379 e. The number of alkyl halides is 1. The minimum atomic E-state index is -0.140. The summed E-state index contributed by atoms with van der Waals surface area (Å²) in [6.07, 6.45) is 2.78. The highest BCUT2D eigenvalue weighted by Crippen LogP contribution is 2.31. The molecule has 0 N–H and O–H groups in total. The SMILES string of the molecule is CC(Cl)c1nc2cc(Br)cnc2n1C1CCOC1. The van der Waals surface area contributed by atoms with Gasteiger partial charge in [0.25, 0.3) is 0 Å². The molecule has 1 aliphatic rings. The van der Waals surface area contributed by atoms with E-state index < -0.39 is 0 Å². The highest BCUT2D eigenvalue weighted by Gasteiger charge is 2.25. The van der Waals surface area contributed by atoms with Gasteiger partial charge in [-0.05, 0) is 35.3 Å². The van der Waals surface area contributed by atoms with Crippen molar-refractivity contribution >= 4 is 38.7 Å². The quantitative estimate of drug-likeness (QED) is 0.792. The number of pyridine rings is 1. The van der Waals surface area contributed by atoms with Crippen LogP contribution < -0.4 is 0 Å². The van der Waals surface area contributed by atoms with Crippen LogP contribution in [0.2, 0.25) is 0 Å². The summed E-state index contributed by atoms with van der Waals surface area (Å²) in [7, 11) is 0. The summed E-state index contributed by atoms with van der Waals surface area (Å²) in [4.78, 5) is 9.07. The van der Waals surface area contributed by atoms with Crippen LogP contribution in [-0.4, -0.2) is 27.7 Å². The Morgan fingerprint density at radius 1 is 1.61 bits per heavy atom. The van der Waals surface area contributed by atoms with E-state index in [2.05, 4.69) is 30.5 Å². The van der Waals surface area contributed by atoms with Gasteiger partial charge in [0.05, 0.1) is 18.0 Å². The molecule has 0 aliphatic carbocycles. The maximum absolute atomic E-state index is 6.23. The molecule has 2 aromatic rings. The molecule has 0 bridgehead atoms. The second kappa shape index (κ2) is 4.79. The minimum absolute atomic E-state index is 0.140. The number of fused-ring (bicyclic) bond motifs is 1. The first-order valence-corrected chi connectivity index (χ1v) is 7.15. The van der Waals surface area contributed by atoms with E-state index in [1.165, 1.54) is 0 Å². The third-order valence-electron chi connectivity index (χ3n) is 3.15. The zero-order valence-electron chi connectivity index (χ0n) is 9.94. The molecular formula is C12H13BrClN3O. The topological polar surface area (TPSA) is 39.9 Å². The molecule has 6 heteroatoms. The molecule has 1 aliphatic heterocycles. The van der Waals surface area contributed by atoms with Crippen LogP contribution in [0, 0.1) is 0 Å². The van der Waals surface area contributed by atoms with E-state index in [0.29, 0.717) is 12.6 Å². The second-order valence-electron chi connectivity index (χ2n) is 4.47. The van der Waals surface area contributed by atoms with Crippen molar-refractivity contribution in [3.8, 4) is 0 Å². The molecule has 18 heavy (non-hydrogen) atoms. The zero-order valence-corrected chi connectivity index (χ0v) is 12.3. The Labute approximate surface area is 118 Å². The first kappa shape index (κ1) is 12.4. The van der Waals surface area contributed by atoms with Gasteiger partial charge in [-0.15, -0.1) is 11.6 Å². The average molecular weight is 331 g/mol. The number of nitrogens with zero attached hydrogens (tertiary/aromatic N) is 3. The van der Waals surface area contributed by atoms with Gasteiger partial charge in [-0.25, -0.2) is 9.97 Å². The molecule has 2 aromatic heterocycles. The van der Waals surface area contributed by atoms with Crippen molar-refractivity contribution in [2.45, 2.75) is 24.8 Å². The fourth-order valence-electron chi connectivity index (χ4n) is 2.34. The van der Waals surface area contributed by atoms with E-state index in [0.717, 1.165) is 34.5 Å². The smallest absolute Gasteiger partial charge is 0.160 e. The Morgan fingerprint density at radius 3 is 3.11 bits per heavy atom. The Kier molecular flexibility index (Phi) is 3.30. The third-order valence-corrected chi connectivity index (χ3v) is 3.78. The Morgan fingerprint density at radius 2 is 2.44 bits per heavy atom. The summed E-state index contributed by atoms with van der Waals surface area (Å²) in [6.45, 7) is 3.43. The number of hydrogen-bond donors (Lipinski definition) is 0. The highest BCUT2D eigenvalue weighted by atomic mass is 79.9. The molecule has 1 saturated heterocycles. The van der Waals surface area contributed by atoms with Crippen LogP contribution in [0.15, 0.2) is 16.7 Å². The maximum atomic E-state index is 6.23. The lowest BCUT2D eigenvalue weighted by Gasteiger charge is -2.15. The van der Waals surface area contributed by atoms with Gasteiger partial charge in [0.2, 0.25) is 0 Å². The van der Waals surface area contributed by atoms with Crippen LogP contribution in [0.25, 0.3) is 11.2 Å². The number of rotatable bonds is 2. The molecule has 4 nitrogen and oxygen atoms in total. The van der Waals surface area contributed by atoms with Crippen LogP contribution in [-0.2, 0) is 4.74 Å². The summed E-state index contributed by atoms with van der Waals surface area (Å²) in [5.41, 5.74) is 1.76. The van der Waals surface area contributed by atoms with Crippen molar-refractivity contribution in [3.05, 3.63) is 22.6 Å². The van der Waals surface area contributed by atoms with Crippen LogP contribution >= 0.6 is 27.5 Å². The molecule has 96 valence electrons. The van der Waals surface area contributed by atoms with Crippen molar-refractivity contribution in [1.29, 1.82) is 0 Å². The van der Waals surface area contributed by atoms with Crippen molar-refractivity contribution in [2.24, 2.45) is 0 Å². The molecule has 0 saturated carbocycles. The van der Waals surface area contributed by atoms with E-state index >= 15 is 0 Å². The first-order chi connectivity index (χ1) is 8.66. The molecule has 3 heterocycles. The van der Waals surface area contributed by atoms with Crippen LogP contribution in [0.3, 0.4) is 0 Å². The third kappa shape index (κ3) is 2.04. The van der Waals surface area contributed by atoms with Gasteiger partial charge in [0.15, 0.2) is 5.65 Å². The first-order valence-electron chi connectivity index (χ1n) is 5.92. The van der Waals surface area contributed by atoms with Crippen molar-refractivity contribution in [2.75, 3.05) is 13.2 Å². The van der Waals surface area contributed by atoms with E-state index in [1.54, 1.807) is 6.20 Å². The van der Waals surface area contributed by atoms with E-state index in [4.69, 9.17) is 16.3 Å². The molecule has 0 aromatic carbocycles. The molecule has 0 spiro atoms. The molecule has 3 rings (SSSR count).